The highest BCUT2D eigenvalue weighted by atomic mass is 35.5. The van der Waals surface area contributed by atoms with Crippen molar-refractivity contribution in [2.24, 2.45) is 0 Å². The van der Waals surface area contributed by atoms with E-state index in [-0.39, 0.29) is 0 Å². The van der Waals surface area contributed by atoms with Crippen molar-refractivity contribution in [2.45, 2.75) is 11.9 Å². The van der Waals surface area contributed by atoms with Gasteiger partial charge in [0.2, 0.25) is 0 Å². The Balaban J connectivity index is 1.81. The van der Waals surface area contributed by atoms with Gasteiger partial charge in [0, 0.05) is 32.7 Å². The molecular weight excluding hydrogens is 214 g/mol. The van der Waals surface area contributed by atoms with E-state index in [0.717, 1.165) is 31.3 Å². The number of halogens is 1. The van der Waals surface area contributed by atoms with Crippen molar-refractivity contribution in [3.05, 3.63) is 11.6 Å². The second-order valence-electron chi connectivity index (χ2n) is 4.13. The minimum absolute atomic E-state index is 0.362. The summed E-state index contributed by atoms with van der Waals surface area (Å²) in [7, 11) is 0. The van der Waals surface area contributed by atoms with Gasteiger partial charge in [-0.3, -0.25) is 14.9 Å². The van der Waals surface area contributed by atoms with Crippen LogP contribution in [0.5, 0.6) is 0 Å². The lowest BCUT2D eigenvalue weighted by atomic mass is 10.1. The van der Waals surface area contributed by atoms with Crippen molar-refractivity contribution in [3.8, 4) is 0 Å². The molecule has 2 bridgehead atoms. The number of fused-ring (bicyclic) bond motifs is 3. The summed E-state index contributed by atoms with van der Waals surface area (Å²) in [5.41, 5.74) is 0. The standard InChI is InChI=1S/C9H14ClN5/c10-5-8-11-9(13-12-8)7-6-14-1-3-15(7)4-2-14/h7H,1-6H2,(H,11,12,13). The zero-order chi connectivity index (χ0) is 10.3. The van der Waals surface area contributed by atoms with Crippen LogP contribution in [0.15, 0.2) is 0 Å². The number of hydrogen-bond acceptors (Lipinski definition) is 4. The zero-order valence-electron chi connectivity index (χ0n) is 8.49. The summed E-state index contributed by atoms with van der Waals surface area (Å²) < 4.78 is 0. The lowest BCUT2D eigenvalue weighted by molar-refractivity contribution is 0.00878. The molecule has 1 atom stereocenters. The number of aromatic amines is 1. The van der Waals surface area contributed by atoms with Crippen LogP contribution < -0.4 is 0 Å². The van der Waals surface area contributed by atoms with Crippen molar-refractivity contribution >= 4 is 11.6 Å². The van der Waals surface area contributed by atoms with Gasteiger partial charge in [-0.25, -0.2) is 4.98 Å². The molecule has 6 heteroatoms. The Morgan fingerprint density at radius 3 is 2.67 bits per heavy atom. The number of aromatic nitrogens is 3. The van der Waals surface area contributed by atoms with Crippen molar-refractivity contribution < 1.29 is 0 Å². The Morgan fingerprint density at radius 2 is 2.13 bits per heavy atom. The van der Waals surface area contributed by atoms with Crippen LogP contribution in [0.2, 0.25) is 0 Å². The molecule has 4 heterocycles. The highest BCUT2D eigenvalue weighted by molar-refractivity contribution is 6.16. The molecule has 3 aliphatic heterocycles. The van der Waals surface area contributed by atoms with Gasteiger partial charge in [0.15, 0.2) is 5.82 Å². The second-order valence-corrected chi connectivity index (χ2v) is 4.39. The predicted octanol–water partition coefficient (Wildman–Crippen LogP) is 0.216. The maximum absolute atomic E-state index is 5.70. The summed E-state index contributed by atoms with van der Waals surface area (Å²) in [6.07, 6.45) is 0. The number of nitrogens with one attached hydrogen (secondary N) is 1. The van der Waals surface area contributed by atoms with Gasteiger partial charge in [0.05, 0.1) is 11.9 Å². The molecule has 0 aromatic carbocycles. The molecule has 5 nitrogen and oxygen atoms in total. The minimum Gasteiger partial charge on any atom is -0.299 e. The monoisotopic (exact) mass is 227 g/mol. The van der Waals surface area contributed by atoms with Gasteiger partial charge in [0.25, 0.3) is 0 Å². The molecule has 3 saturated heterocycles. The molecule has 1 aromatic rings. The Labute approximate surface area is 93.4 Å². The maximum atomic E-state index is 5.70. The van der Waals surface area contributed by atoms with E-state index in [1.54, 1.807) is 0 Å². The largest absolute Gasteiger partial charge is 0.299 e. The molecule has 0 aliphatic carbocycles. The van der Waals surface area contributed by atoms with Gasteiger partial charge in [-0.2, -0.15) is 5.10 Å². The molecule has 0 spiro atoms. The predicted molar refractivity (Wildman–Crippen MR) is 56.7 cm³/mol. The normalized spacial score (nSPS) is 34.6. The Morgan fingerprint density at radius 1 is 1.33 bits per heavy atom. The van der Waals surface area contributed by atoms with Crippen LogP contribution >= 0.6 is 11.6 Å². The van der Waals surface area contributed by atoms with Gasteiger partial charge in [0.1, 0.15) is 5.82 Å². The SMILES string of the molecule is ClCc1nc(C2CN3CCN2CC3)n[nH]1. The average Bonchev–Trinajstić information content (AvgIpc) is 2.79. The van der Waals surface area contributed by atoms with E-state index < -0.39 is 0 Å². The molecule has 1 unspecified atom stereocenters. The summed E-state index contributed by atoms with van der Waals surface area (Å²) in [5, 5.41) is 7.11. The fraction of sp³-hybridized carbons (Fsp3) is 0.778. The number of alkyl halides is 1. The molecule has 1 aromatic heterocycles. The van der Waals surface area contributed by atoms with E-state index in [9.17, 15) is 0 Å². The van der Waals surface area contributed by atoms with Crippen LogP contribution in [0.4, 0.5) is 0 Å². The lowest BCUT2D eigenvalue weighted by Gasteiger charge is -2.46. The van der Waals surface area contributed by atoms with E-state index >= 15 is 0 Å². The van der Waals surface area contributed by atoms with Crippen LogP contribution in [0.25, 0.3) is 0 Å². The first-order valence-electron chi connectivity index (χ1n) is 5.30. The fourth-order valence-corrected chi connectivity index (χ4v) is 2.50. The summed E-state index contributed by atoms with van der Waals surface area (Å²) in [6, 6.07) is 0.362. The third kappa shape index (κ3) is 1.64. The highest BCUT2D eigenvalue weighted by Crippen LogP contribution is 2.26. The topological polar surface area (TPSA) is 48.1 Å². The smallest absolute Gasteiger partial charge is 0.169 e. The summed E-state index contributed by atoms with van der Waals surface area (Å²) >= 11 is 5.70. The van der Waals surface area contributed by atoms with Crippen LogP contribution in [-0.4, -0.2) is 57.7 Å². The minimum atomic E-state index is 0.362. The first kappa shape index (κ1) is 9.57. The van der Waals surface area contributed by atoms with Crippen LogP contribution in [-0.2, 0) is 5.88 Å². The van der Waals surface area contributed by atoms with Gasteiger partial charge in [-0.15, -0.1) is 11.6 Å². The average molecular weight is 228 g/mol. The van der Waals surface area contributed by atoms with E-state index in [1.807, 2.05) is 0 Å². The summed E-state index contributed by atoms with van der Waals surface area (Å²) in [6.45, 7) is 5.69. The molecule has 4 rings (SSSR count). The molecule has 0 saturated carbocycles. The fourth-order valence-electron chi connectivity index (χ4n) is 2.38. The summed E-state index contributed by atoms with van der Waals surface area (Å²) in [4.78, 5) is 9.34. The van der Waals surface area contributed by atoms with Crippen LogP contribution in [0.3, 0.4) is 0 Å². The number of hydrogen-bond donors (Lipinski definition) is 1. The Hall–Kier alpha value is -0.650. The van der Waals surface area contributed by atoms with E-state index in [4.69, 9.17) is 11.6 Å². The van der Waals surface area contributed by atoms with Crippen LogP contribution in [0, 0.1) is 0 Å². The van der Waals surface area contributed by atoms with Gasteiger partial charge >= 0.3 is 0 Å². The number of H-pyrrole nitrogens is 1. The van der Waals surface area contributed by atoms with Crippen molar-refractivity contribution in [1.82, 2.24) is 25.0 Å². The summed E-state index contributed by atoms with van der Waals surface area (Å²) in [5.74, 6) is 2.07. The third-order valence-corrected chi connectivity index (χ3v) is 3.51. The third-order valence-electron chi connectivity index (χ3n) is 3.25. The number of piperazine rings is 3. The molecule has 3 fully saturated rings. The van der Waals surface area contributed by atoms with E-state index in [1.165, 1.54) is 13.1 Å². The van der Waals surface area contributed by atoms with Crippen molar-refractivity contribution in [1.29, 1.82) is 0 Å². The Bertz CT molecular complexity index is 344. The quantitative estimate of drug-likeness (QED) is 0.735. The lowest BCUT2D eigenvalue weighted by Crippen LogP contribution is -2.57. The molecule has 82 valence electrons. The Kier molecular flexibility index (Phi) is 2.38. The first-order chi connectivity index (χ1) is 7.36. The van der Waals surface area contributed by atoms with Crippen LogP contribution in [0.1, 0.15) is 17.7 Å². The van der Waals surface area contributed by atoms with Gasteiger partial charge in [-0.1, -0.05) is 0 Å². The number of nitrogens with zero attached hydrogens (tertiary/aromatic N) is 4. The maximum Gasteiger partial charge on any atom is 0.169 e. The molecule has 0 radical (unpaired) electrons. The van der Waals surface area contributed by atoms with E-state index in [2.05, 4.69) is 25.0 Å². The number of rotatable bonds is 2. The molecule has 3 aliphatic rings. The zero-order valence-corrected chi connectivity index (χ0v) is 9.24. The van der Waals surface area contributed by atoms with Gasteiger partial charge < -0.3 is 0 Å². The van der Waals surface area contributed by atoms with Crippen molar-refractivity contribution in [3.63, 3.8) is 0 Å². The van der Waals surface area contributed by atoms with Crippen molar-refractivity contribution in [2.75, 3.05) is 32.7 Å². The molecule has 15 heavy (non-hydrogen) atoms. The first-order valence-corrected chi connectivity index (χ1v) is 5.84. The van der Waals surface area contributed by atoms with E-state index in [0.29, 0.717) is 11.9 Å². The van der Waals surface area contributed by atoms with Gasteiger partial charge in [-0.05, 0) is 0 Å². The molecular formula is C9H14ClN5. The molecule has 1 N–H and O–H groups in total. The second kappa shape index (κ2) is 3.73. The highest BCUT2D eigenvalue weighted by Gasteiger charge is 2.34. The molecule has 0 amide bonds.